The molecule has 0 bridgehead atoms. The zero-order chi connectivity index (χ0) is 8.97. The van der Waals surface area contributed by atoms with Crippen molar-refractivity contribution >= 4 is 11.8 Å². The van der Waals surface area contributed by atoms with Crippen molar-refractivity contribution in [1.29, 1.82) is 0 Å². The number of aliphatic imine (C=N–C) groups is 1. The Balaban J connectivity index is 3.14. The topological polar surface area (TPSA) is 58.9 Å². The predicted octanol–water partition coefficient (Wildman–Crippen LogP) is 1.37. The molecule has 0 amide bonds. The minimum Gasteiger partial charge on any atom is -0.508 e. The first-order chi connectivity index (χ1) is 5.76. The van der Waals surface area contributed by atoms with Gasteiger partial charge in [-0.2, -0.15) is 4.99 Å². The summed E-state index contributed by atoms with van der Waals surface area (Å²) in [5.41, 5.74) is 0.321. The third-order valence-electron chi connectivity index (χ3n) is 1.29. The van der Waals surface area contributed by atoms with Crippen LogP contribution >= 0.6 is 0 Å². The zero-order valence-electron chi connectivity index (χ0n) is 6.44. The van der Waals surface area contributed by atoms with E-state index < -0.39 is 0 Å². The van der Waals surface area contributed by atoms with E-state index in [0.29, 0.717) is 11.4 Å². The van der Waals surface area contributed by atoms with Gasteiger partial charge in [-0.15, -0.1) is 0 Å². The molecule has 1 aromatic carbocycles. The molecular formula is C8H7NO3. The Morgan fingerprint density at radius 2 is 2.25 bits per heavy atom. The van der Waals surface area contributed by atoms with Gasteiger partial charge in [0.15, 0.2) is 0 Å². The number of aromatic hydroxyl groups is 1. The van der Waals surface area contributed by atoms with Gasteiger partial charge in [-0.3, -0.25) is 0 Å². The molecular weight excluding hydrogens is 158 g/mol. The molecule has 0 saturated carbocycles. The largest absolute Gasteiger partial charge is 0.508 e. The molecule has 1 N–H and O–H groups in total. The average molecular weight is 165 g/mol. The van der Waals surface area contributed by atoms with Crippen LogP contribution in [0.1, 0.15) is 0 Å². The minimum absolute atomic E-state index is 0.00310. The van der Waals surface area contributed by atoms with Gasteiger partial charge in [0.05, 0.1) is 12.8 Å². The Bertz CT molecular complexity index is 329. The molecule has 0 aliphatic rings. The van der Waals surface area contributed by atoms with Crippen LogP contribution in [0.15, 0.2) is 23.2 Å². The molecule has 0 atom stereocenters. The van der Waals surface area contributed by atoms with E-state index in [1.165, 1.54) is 31.4 Å². The summed E-state index contributed by atoms with van der Waals surface area (Å²) < 4.78 is 4.83. The maximum absolute atomic E-state index is 9.87. The molecule has 12 heavy (non-hydrogen) atoms. The molecule has 0 saturated heterocycles. The van der Waals surface area contributed by atoms with Crippen LogP contribution in [-0.4, -0.2) is 18.3 Å². The first-order valence-electron chi connectivity index (χ1n) is 3.22. The van der Waals surface area contributed by atoms with Crippen LogP contribution < -0.4 is 4.74 Å². The van der Waals surface area contributed by atoms with Gasteiger partial charge >= 0.3 is 0 Å². The first kappa shape index (κ1) is 8.30. The Morgan fingerprint density at radius 3 is 2.83 bits per heavy atom. The number of ether oxygens (including phenoxy) is 1. The zero-order valence-corrected chi connectivity index (χ0v) is 6.44. The number of carbonyl (C=O) groups excluding carboxylic acids is 1. The van der Waals surface area contributed by atoms with E-state index in [1.807, 2.05) is 0 Å². The highest BCUT2D eigenvalue weighted by Crippen LogP contribution is 2.26. The highest BCUT2D eigenvalue weighted by Gasteiger charge is 1.97. The molecule has 4 heteroatoms. The summed E-state index contributed by atoms with van der Waals surface area (Å²) in [5.74, 6) is 0.451. The smallest absolute Gasteiger partial charge is 0.240 e. The SMILES string of the molecule is COc1cc(O)cc(N=C=O)c1. The van der Waals surface area contributed by atoms with Gasteiger partial charge < -0.3 is 9.84 Å². The summed E-state index contributed by atoms with van der Waals surface area (Å²) >= 11 is 0. The van der Waals surface area contributed by atoms with Crippen LogP contribution in [-0.2, 0) is 4.79 Å². The number of benzene rings is 1. The molecule has 1 rings (SSSR count). The van der Waals surface area contributed by atoms with Crippen molar-refractivity contribution in [2.45, 2.75) is 0 Å². The lowest BCUT2D eigenvalue weighted by molar-refractivity contribution is 0.408. The van der Waals surface area contributed by atoms with E-state index in [1.54, 1.807) is 0 Å². The highest BCUT2D eigenvalue weighted by atomic mass is 16.5. The van der Waals surface area contributed by atoms with Crippen LogP contribution in [0.2, 0.25) is 0 Å². The van der Waals surface area contributed by atoms with Gasteiger partial charge in [-0.25, -0.2) is 4.79 Å². The maximum atomic E-state index is 9.87. The van der Waals surface area contributed by atoms with Crippen molar-refractivity contribution in [3.8, 4) is 11.5 Å². The summed E-state index contributed by atoms with van der Waals surface area (Å²) in [5, 5.41) is 9.08. The van der Waals surface area contributed by atoms with E-state index >= 15 is 0 Å². The summed E-state index contributed by atoms with van der Waals surface area (Å²) in [6.07, 6.45) is 1.37. The molecule has 0 unspecified atom stereocenters. The molecule has 0 radical (unpaired) electrons. The second-order valence-corrected chi connectivity index (χ2v) is 2.09. The van der Waals surface area contributed by atoms with Crippen LogP contribution in [0.5, 0.6) is 11.5 Å². The number of phenolic OH excluding ortho intramolecular Hbond substituents is 1. The fourth-order valence-corrected chi connectivity index (χ4v) is 0.803. The van der Waals surface area contributed by atoms with Gasteiger partial charge in [0.25, 0.3) is 0 Å². The molecule has 0 aromatic heterocycles. The number of isocyanates is 1. The lowest BCUT2D eigenvalue weighted by Crippen LogP contribution is -1.80. The van der Waals surface area contributed by atoms with E-state index in [2.05, 4.69) is 4.99 Å². The first-order valence-corrected chi connectivity index (χ1v) is 3.22. The van der Waals surface area contributed by atoms with E-state index in [4.69, 9.17) is 9.84 Å². The van der Waals surface area contributed by atoms with Gasteiger partial charge in [-0.05, 0) is 0 Å². The molecule has 1 aromatic rings. The van der Waals surface area contributed by atoms with Crippen molar-refractivity contribution in [3.63, 3.8) is 0 Å². The quantitative estimate of drug-likeness (QED) is 0.531. The van der Waals surface area contributed by atoms with Gasteiger partial charge in [0, 0.05) is 18.2 Å². The Labute approximate surface area is 69.1 Å². The van der Waals surface area contributed by atoms with Crippen molar-refractivity contribution < 1.29 is 14.6 Å². The standard InChI is InChI=1S/C8H7NO3/c1-12-8-3-6(9-5-10)2-7(11)4-8/h2-4,11H,1H3. The van der Waals surface area contributed by atoms with E-state index in [0.717, 1.165) is 0 Å². The lowest BCUT2D eigenvalue weighted by Gasteiger charge is -2.00. The maximum Gasteiger partial charge on any atom is 0.240 e. The fourth-order valence-electron chi connectivity index (χ4n) is 0.803. The minimum atomic E-state index is 0.00310. The second kappa shape index (κ2) is 3.55. The number of hydrogen-bond acceptors (Lipinski definition) is 4. The summed E-state index contributed by atoms with van der Waals surface area (Å²) in [4.78, 5) is 13.2. The van der Waals surface area contributed by atoms with Crippen LogP contribution in [0, 0.1) is 0 Å². The Morgan fingerprint density at radius 1 is 1.50 bits per heavy atom. The Kier molecular flexibility index (Phi) is 2.46. The predicted molar refractivity (Wildman–Crippen MR) is 42.4 cm³/mol. The van der Waals surface area contributed by atoms with Crippen molar-refractivity contribution in [2.75, 3.05) is 7.11 Å². The number of phenols is 1. The van der Waals surface area contributed by atoms with Gasteiger partial charge in [-0.1, -0.05) is 0 Å². The molecule has 0 spiro atoms. The number of nitrogens with zero attached hydrogens (tertiary/aromatic N) is 1. The summed E-state index contributed by atoms with van der Waals surface area (Å²) in [6.45, 7) is 0. The molecule has 62 valence electrons. The van der Waals surface area contributed by atoms with E-state index in [9.17, 15) is 4.79 Å². The second-order valence-electron chi connectivity index (χ2n) is 2.09. The molecule has 0 heterocycles. The monoisotopic (exact) mass is 165 g/mol. The highest BCUT2D eigenvalue weighted by molar-refractivity contribution is 5.54. The fraction of sp³-hybridized carbons (Fsp3) is 0.125. The molecule has 0 fully saturated rings. The van der Waals surface area contributed by atoms with Crippen LogP contribution in [0.25, 0.3) is 0 Å². The normalized spacial score (nSPS) is 8.75. The summed E-state index contributed by atoms with van der Waals surface area (Å²) in [7, 11) is 1.46. The van der Waals surface area contributed by atoms with Crippen molar-refractivity contribution in [1.82, 2.24) is 0 Å². The molecule has 4 nitrogen and oxygen atoms in total. The molecule has 0 aliphatic heterocycles. The summed E-state index contributed by atoms with van der Waals surface area (Å²) in [6, 6.07) is 4.28. The van der Waals surface area contributed by atoms with Crippen LogP contribution in [0.4, 0.5) is 5.69 Å². The number of rotatable bonds is 2. The van der Waals surface area contributed by atoms with Gasteiger partial charge in [0.1, 0.15) is 11.5 Å². The van der Waals surface area contributed by atoms with Gasteiger partial charge in [0.2, 0.25) is 6.08 Å². The lowest BCUT2D eigenvalue weighted by atomic mass is 10.3. The number of methoxy groups -OCH3 is 1. The van der Waals surface area contributed by atoms with Crippen molar-refractivity contribution in [3.05, 3.63) is 18.2 Å². The third kappa shape index (κ3) is 1.84. The molecule has 0 aliphatic carbocycles. The third-order valence-corrected chi connectivity index (χ3v) is 1.29. The average Bonchev–Trinajstić information content (AvgIpc) is 2.04. The van der Waals surface area contributed by atoms with E-state index in [-0.39, 0.29) is 5.75 Å². The van der Waals surface area contributed by atoms with Crippen molar-refractivity contribution in [2.24, 2.45) is 4.99 Å². The van der Waals surface area contributed by atoms with Crippen LogP contribution in [0.3, 0.4) is 0 Å². The Hall–Kier alpha value is -1.80. The number of hydrogen-bond donors (Lipinski definition) is 1.